The minimum absolute atomic E-state index is 0.0352. The number of thiophene rings is 1. The SMILES string of the molecule is CCCNC(=O)CNC(=O)c1sc2ccccc2c1N. The molecule has 0 unspecified atom stereocenters. The molecule has 0 radical (unpaired) electrons. The van der Waals surface area contributed by atoms with E-state index < -0.39 is 0 Å². The number of anilines is 1. The van der Waals surface area contributed by atoms with E-state index in [1.165, 1.54) is 11.3 Å². The third-order valence-corrected chi connectivity index (χ3v) is 4.01. The lowest BCUT2D eigenvalue weighted by Gasteiger charge is -2.05. The molecule has 1 heterocycles. The fourth-order valence-electron chi connectivity index (χ4n) is 1.80. The maximum atomic E-state index is 12.1. The number of rotatable bonds is 5. The number of nitrogen functional groups attached to an aromatic ring is 1. The fraction of sp³-hybridized carbons (Fsp3) is 0.286. The molecule has 6 heteroatoms. The summed E-state index contributed by atoms with van der Waals surface area (Å²) in [7, 11) is 0. The van der Waals surface area contributed by atoms with Crippen LogP contribution < -0.4 is 16.4 Å². The van der Waals surface area contributed by atoms with Gasteiger partial charge in [-0.2, -0.15) is 0 Å². The average Bonchev–Trinajstić information content (AvgIpc) is 2.80. The number of benzene rings is 1. The zero-order valence-corrected chi connectivity index (χ0v) is 12.0. The van der Waals surface area contributed by atoms with E-state index in [0.717, 1.165) is 16.5 Å². The third-order valence-electron chi connectivity index (χ3n) is 2.82. The van der Waals surface area contributed by atoms with Crippen LogP contribution in [0.1, 0.15) is 23.0 Å². The van der Waals surface area contributed by atoms with E-state index in [4.69, 9.17) is 5.73 Å². The predicted molar refractivity (Wildman–Crippen MR) is 81.9 cm³/mol. The second kappa shape index (κ2) is 6.38. The Morgan fingerprint density at radius 3 is 2.70 bits per heavy atom. The van der Waals surface area contributed by atoms with Crippen molar-refractivity contribution < 1.29 is 9.59 Å². The lowest BCUT2D eigenvalue weighted by molar-refractivity contribution is -0.120. The summed E-state index contributed by atoms with van der Waals surface area (Å²) in [4.78, 5) is 23.9. The molecule has 0 atom stereocenters. The number of fused-ring (bicyclic) bond motifs is 1. The van der Waals surface area contributed by atoms with Crippen LogP contribution in [0.3, 0.4) is 0 Å². The number of carbonyl (C=O) groups is 2. The van der Waals surface area contributed by atoms with Crippen LogP contribution in [0.25, 0.3) is 10.1 Å². The lowest BCUT2D eigenvalue weighted by Crippen LogP contribution is -2.37. The van der Waals surface area contributed by atoms with Crippen molar-refractivity contribution >= 4 is 38.9 Å². The molecule has 106 valence electrons. The van der Waals surface area contributed by atoms with Crippen molar-refractivity contribution in [3.8, 4) is 0 Å². The number of nitrogens with one attached hydrogen (secondary N) is 2. The Morgan fingerprint density at radius 1 is 1.25 bits per heavy atom. The molecule has 20 heavy (non-hydrogen) atoms. The van der Waals surface area contributed by atoms with Gasteiger partial charge in [0.25, 0.3) is 5.91 Å². The van der Waals surface area contributed by atoms with E-state index in [1.807, 2.05) is 31.2 Å². The van der Waals surface area contributed by atoms with Gasteiger partial charge in [-0.05, 0) is 12.5 Å². The van der Waals surface area contributed by atoms with Gasteiger partial charge in [-0.3, -0.25) is 9.59 Å². The highest BCUT2D eigenvalue weighted by Crippen LogP contribution is 2.33. The number of carbonyl (C=O) groups excluding carboxylic acids is 2. The van der Waals surface area contributed by atoms with Crippen molar-refractivity contribution in [2.45, 2.75) is 13.3 Å². The van der Waals surface area contributed by atoms with Crippen molar-refractivity contribution in [1.29, 1.82) is 0 Å². The molecule has 0 saturated heterocycles. The Hall–Kier alpha value is -2.08. The van der Waals surface area contributed by atoms with E-state index in [9.17, 15) is 9.59 Å². The van der Waals surface area contributed by atoms with E-state index in [1.54, 1.807) is 0 Å². The van der Waals surface area contributed by atoms with Gasteiger partial charge in [-0.1, -0.05) is 25.1 Å². The maximum absolute atomic E-state index is 12.1. The molecule has 0 fully saturated rings. The summed E-state index contributed by atoms with van der Waals surface area (Å²) >= 11 is 1.33. The summed E-state index contributed by atoms with van der Waals surface area (Å²) in [5, 5.41) is 6.16. The molecule has 0 saturated carbocycles. The highest BCUT2D eigenvalue weighted by molar-refractivity contribution is 7.21. The van der Waals surface area contributed by atoms with Gasteiger partial charge in [0.05, 0.1) is 12.2 Å². The highest BCUT2D eigenvalue weighted by atomic mass is 32.1. The Kier molecular flexibility index (Phi) is 4.57. The lowest BCUT2D eigenvalue weighted by atomic mass is 10.2. The van der Waals surface area contributed by atoms with Crippen LogP contribution in [0.15, 0.2) is 24.3 Å². The molecule has 0 spiro atoms. The van der Waals surface area contributed by atoms with Gasteiger partial charge in [0.2, 0.25) is 5.91 Å². The summed E-state index contributed by atoms with van der Waals surface area (Å²) in [6.45, 7) is 2.54. The van der Waals surface area contributed by atoms with Crippen molar-refractivity contribution in [2.24, 2.45) is 0 Å². The van der Waals surface area contributed by atoms with Gasteiger partial charge in [-0.15, -0.1) is 11.3 Å². The Morgan fingerprint density at radius 2 is 2.00 bits per heavy atom. The van der Waals surface area contributed by atoms with E-state index in [2.05, 4.69) is 10.6 Å². The molecular formula is C14H17N3O2S. The first-order valence-electron chi connectivity index (χ1n) is 6.45. The Bertz CT molecular complexity index is 636. The van der Waals surface area contributed by atoms with Gasteiger partial charge in [0.15, 0.2) is 0 Å². The predicted octanol–water partition coefficient (Wildman–Crippen LogP) is 1.74. The molecule has 0 bridgehead atoms. The molecule has 2 aromatic rings. The molecule has 4 N–H and O–H groups in total. The fourth-order valence-corrected chi connectivity index (χ4v) is 2.84. The van der Waals surface area contributed by atoms with Crippen LogP contribution in [0.4, 0.5) is 5.69 Å². The highest BCUT2D eigenvalue weighted by Gasteiger charge is 2.16. The first-order valence-corrected chi connectivity index (χ1v) is 7.27. The van der Waals surface area contributed by atoms with Crippen molar-refractivity contribution in [2.75, 3.05) is 18.8 Å². The zero-order valence-electron chi connectivity index (χ0n) is 11.2. The Labute approximate surface area is 121 Å². The topological polar surface area (TPSA) is 84.2 Å². The van der Waals surface area contributed by atoms with E-state index in [0.29, 0.717) is 17.1 Å². The van der Waals surface area contributed by atoms with Crippen LogP contribution in [0, 0.1) is 0 Å². The molecule has 5 nitrogen and oxygen atoms in total. The van der Waals surface area contributed by atoms with Gasteiger partial charge >= 0.3 is 0 Å². The normalized spacial score (nSPS) is 10.4. The summed E-state index contributed by atoms with van der Waals surface area (Å²) in [6.07, 6.45) is 0.864. The van der Waals surface area contributed by atoms with Crippen molar-refractivity contribution in [3.05, 3.63) is 29.1 Å². The molecule has 0 aliphatic heterocycles. The first-order chi connectivity index (χ1) is 9.63. The summed E-state index contributed by atoms with van der Waals surface area (Å²) in [5.74, 6) is -0.504. The number of amides is 2. The Balaban J connectivity index is 2.04. The number of nitrogens with two attached hydrogens (primary N) is 1. The minimum Gasteiger partial charge on any atom is -0.397 e. The molecule has 0 aliphatic carbocycles. The molecular weight excluding hydrogens is 274 g/mol. The second-order valence-electron chi connectivity index (χ2n) is 4.37. The summed E-state index contributed by atoms with van der Waals surface area (Å²) in [5.41, 5.74) is 6.45. The molecule has 2 rings (SSSR count). The van der Waals surface area contributed by atoms with E-state index in [-0.39, 0.29) is 18.4 Å². The zero-order chi connectivity index (χ0) is 14.5. The smallest absolute Gasteiger partial charge is 0.263 e. The van der Waals surface area contributed by atoms with Crippen LogP contribution in [-0.4, -0.2) is 24.9 Å². The van der Waals surface area contributed by atoms with Gasteiger partial charge in [-0.25, -0.2) is 0 Å². The monoisotopic (exact) mass is 291 g/mol. The van der Waals surface area contributed by atoms with Crippen LogP contribution in [-0.2, 0) is 4.79 Å². The minimum atomic E-state index is -0.310. The van der Waals surface area contributed by atoms with E-state index >= 15 is 0 Å². The summed E-state index contributed by atoms with van der Waals surface area (Å²) < 4.78 is 0.964. The number of hydrogen-bond donors (Lipinski definition) is 3. The van der Waals surface area contributed by atoms with Crippen LogP contribution in [0.2, 0.25) is 0 Å². The largest absolute Gasteiger partial charge is 0.397 e. The standard InChI is InChI=1S/C14H17N3O2S/c1-2-7-16-11(18)8-17-14(19)13-12(15)9-5-3-4-6-10(9)20-13/h3-6H,2,7-8,15H2,1H3,(H,16,18)(H,17,19). The van der Waals surface area contributed by atoms with Crippen molar-refractivity contribution in [3.63, 3.8) is 0 Å². The molecule has 0 aliphatic rings. The van der Waals surface area contributed by atoms with Gasteiger partial charge in [0, 0.05) is 16.6 Å². The third kappa shape index (κ3) is 3.08. The first kappa shape index (κ1) is 14.3. The average molecular weight is 291 g/mol. The summed E-state index contributed by atoms with van der Waals surface area (Å²) in [6, 6.07) is 7.58. The quantitative estimate of drug-likeness (QED) is 0.784. The molecule has 1 aromatic heterocycles. The van der Waals surface area contributed by atoms with Gasteiger partial charge in [0.1, 0.15) is 4.88 Å². The van der Waals surface area contributed by atoms with Crippen molar-refractivity contribution in [1.82, 2.24) is 10.6 Å². The second-order valence-corrected chi connectivity index (χ2v) is 5.43. The molecule has 1 aromatic carbocycles. The van der Waals surface area contributed by atoms with Gasteiger partial charge < -0.3 is 16.4 Å². The molecule has 2 amide bonds. The number of hydrogen-bond acceptors (Lipinski definition) is 4. The van der Waals surface area contributed by atoms with Crippen LogP contribution in [0.5, 0.6) is 0 Å². The van der Waals surface area contributed by atoms with Crippen LogP contribution >= 0.6 is 11.3 Å². The maximum Gasteiger partial charge on any atom is 0.263 e.